The van der Waals surface area contributed by atoms with Crippen LogP contribution >= 0.6 is 0 Å². The van der Waals surface area contributed by atoms with Gasteiger partial charge in [0, 0.05) is 11.1 Å². The van der Waals surface area contributed by atoms with Crippen LogP contribution < -0.4 is 0 Å². The highest BCUT2D eigenvalue weighted by Gasteiger charge is 1.97. The van der Waals surface area contributed by atoms with E-state index in [1.807, 2.05) is 12.1 Å². The molecule has 1 heteroatoms. The van der Waals surface area contributed by atoms with Crippen molar-refractivity contribution in [2.45, 2.75) is 25.7 Å². The molecule has 0 atom stereocenters. The Bertz CT molecular complexity index is 434. The second-order valence-corrected chi connectivity index (χ2v) is 3.81. The first kappa shape index (κ1) is 10.2. The standard InChI is InChI=1S/C14H16N/c1-2-3-4-8-13-11-10-12-7-5-6-9-14(12)15-13/h5-7,9-11H,1-4,8H2. The molecule has 0 bridgehead atoms. The van der Waals surface area contributed by atoms with Gasteiger partial charge in [-0.05, 0) is 25.0 Å². The number of fused-ring (bicyclic) bond motifs is 1. The maximum Gasteiger partial charge on any atom is 0.0705 e. The number of aromatic nitrogens is 1. The Balaban J connectivity index is 2.16. The summed E-state index contributed by atoms with van der Waals surface area (Å²) in [6.45, 7) is 3.85. The molecule has 1 aromatic heterocycles. The van der Waals surface area contributed by atoms with Gasteiger partial charge in [-0.1, -0.05) is 44.0 Å². The lowest BCUT2D eigenvalue weighted by molar-refractivity contribution is 0.735. The minimum absolute atomic E-state index is 1.02. The lowest BCUT2D eigenvalue weighted by atomic mass is 10.1. The van der Waals surface area contributed by atoms with E-state index < -0.39 is 0 Å². The molecule has 1 radical (unpaired) electrons. The maximum absolute atomic E-state index is 4.63. The Morgan fingerprint density at radius 3 is 2.73 bits per heavy atom. The van der Waals surface area contributed by atoms with Crippen LogP contribution in [-0.2, 0) is 6.42 Å². The number of benzene rings is 1. The molecule has 0 saturated carbocycles. The summed E-state index contributed by atoms with van der Waals surface area (Å²) < 4.78 is 0. The molecule has 0 aliphatic rings. The van der Waals surface area contributed by atoms with E-state index in [9.17, 15) is 0 Å². The lowest BCUT2D eigenvalue weighted by Crippen LogP contribution is -1.90. The van der Waals surface area contributed by atoms with E-state index in [-0.39, 0.29) is 0 Å². The minimum atomic E-state index is 1.02. The Labute approximate surface area is 91.2 Å². The van der Waals surface area contributed by atoms with Gasteiger partial charge in [-0.25, -0.2) is 0 Å². The second-order valence-electron chi connectivity index (χ2n) is 3.81. The van der Waals surface area contributed by atoms with Crippen LogP contribution in [0.1, 0.15) is 25.0 Å². The number of hydrogen-bond donors (Lipinski definition) is 0. The van der Waals surface area contributed by atoms with Gasteiger partial charge in [0.2, 0.25) is 0 Å². The van der Waals surface area contributed by atoms with Gasteiger partial charge >= 0.3 is 0 Å². The summed E-state index contributed by atoms with van der Waals surface area (Å²) in [6.07, 6.45) is 4.47. The van der Waals surface area contributed by atoms with Gasteiger partial charge in [-0.3, -0.25) is 4.98 Å². The highest BCUT2D eigenvalue weighted by Crippen LogP contribution is 2.13. The molecule has 1 heterocycles. The average Bonchev–Trinajstić information content (AvgIpc) is 2.29. The number of pyridine rings is 1. The van der Waals surface area contributed by atoms with Crippen molar-refractivity contribution < 1.29 is 0 Å². The molecule has 0 unspecified atom stereocenters. The predicted octanol–water partition coefficient (Wildman–Crippen LogP) is 3.78. The summed E-state index contributed by atoms with van der Waals surface area (Å²) in [4.78, 5) is 4.63. The fourth-order valence-electron chi connectivity index (χ4n) is 1.73. The fraction of sp³-hybridized carbons (Fsp3) is 0.286. The molecule has 77 valence electrons. The zero-order valence-electron chi connectivity index (χ0n) is 8.95. The predicted molar refractivity (Wildman–Crippen MR) is 64.7 cm³/mol. The van der Waals surface area contributed by atoms with Crippen molar-refractivity contribution in [3.63, 3.8) is 0 Å². The van der Waals surface area contributed by atoms with Crippen LogP contribution in [0.15, 0.2) is 36.4 Å². The summed E-state index contributed by atoms with van der Waals surface area (Å²) in [5.74, 6) is 0. The molecular weight excluding hydrogens is 182 g/mol. The number of nitrogens with zero attached hydrogens (tertiary/aromatic N) is 1. The zero-order chi connectivity index (χ0) is 10.5. The Morgan fingerprint density at radius 1 is 1.00 bits per heavy atom. The van der Waals surface area contributed by atoms with E-state index in [1.54, 1.807) is 0 Å². The van der Waals surface area contributed by atoms with E-state index in [0.717, 1.165) is 18.4 Å². The Kier molecular flexibility index (Phi) is 3.33. The third kappa shape index (κ3) is 2.56. The molecular formula is C14H16N. The van der Waals surface area contributed by atoms with Crippen molar-refractivity contribution >= 4 is 10.9 Å². The van der Waals surface area contributed by atoms with E-state index in [0.29, 0.717) is 0 Å². The van der Waals surface area contributed by atoms with Gasteiger partial charge in [0.25, 0.3) is 0 Å². The van der Waals surface area contributed by atoms with Gasteiger partial charge in [0.1, 0.15) is 0 Å². The van der Waals surface area contributed by atoms with Gasteiger partial charge < -0.3 is 0 Å². The van der Waals surface area contributed by atoms with Crippen LogP contribution in [0.2, 0.25) is 0 Å². The van der Waals surface area contributed by atoms with Gasteiger partial charge in [0.15, 0.2) is 0 Å². The quantitative estimate of drug-likeness (QED) is 0.681. The van der Waals surface area contributed by atoms with Crippen LogP contribution in [-0.4, -0.2) is 4.98 Å². The second kappa shape index (κ2) is 4.92. The van der Waals surface area contributed by atoms with E-state index in [1.165, 1.54) is 23.9 Å². The van der Waals surface area contributed by atoms with Crippen molar-refractivity contribution in [2.75, 3.05) is 0 Å². The average molecular weight is 198 g/mol. The van der Waals surface area contributed by atoms with Gasteiger partial charge in [-0.2, -0.15) is 0 Å². The first-order valence-electron chi connectivity index (χ1n) is 5.54. The molecule has 15 heavy (non-hydrogen) atoms. The monoisotopic (exact) mass is 198 g/mol. The van der Waals surface area contributed by atoms with Crippen molar-refractivity contribution in [2.24, 2.45) is 0 Å². The smallest absolute Gasteiger partial charge is 0.0705 e. The van der Waals surface area contributed by atoms with E-state index >= 15 is 0 Å². The molecule has 0 aliphatic carbocycles. The highest BCUT2D eigenvalue weighted by molar-refractivity contribution is 5.78. The van der Waals surface area contributed by atoms with Crippen LogP contribution in [0.3, 0.4) is 0 Å². The van der Waals surface area contributed by atoms with Crippen molar-refractivity contribution in [1.29, 1.82) is 0 Å². The number of para-hydroxylation sites is 1. The van der Waals surface area contributed by atoms with Crippen molar-refractivity contribution in [3.05, 3.63) is 49.0 Å². The van der Waals surface area contributed by atoms with Crippen molar-refractivity contribution in [1.82, 2.24) is 4.98 Å². The number of unbranched alkanes of at least 4 members (excludes halogenated alkanes) is 2. The SMILES string of the molecule is [CH2]CCCCc1ccc2ccccc2n1. The zero-order valence-corrected chi connectivity index (χ0v) is 8.95. The third-order valence-corrected chi connectivity index (χ3v) is 2.59. The number of hydrogen-bond acceptors (Lipinski definition) is 1. The first-order valence-corrected chi connectivity index (χ1v) is 5.54. The van der Waals surface area contributed by atoms with Crippen LogP contribution in [0, 0.1) is 6.92 Å². The van der Waals surface area contributed by atoms with E-state index in [2.05, 4.69) is 36.2 Å². The molecule has 0 saturated heterocycles. The molecule has 2 aromatic rings. The summed E-state index contributed by atoms with van der Waals surface area (Å²) in [5, 5.41) is 1.22. The minimum Gasteiger partial charge on any atom is -0.253 e. The number of rotatable bonds is 4. The van der Waals surface area contributed by atoms with Crippen molar-refractivity contribution in [3.8, 4) is 0 Å². The number of aryl methyl sites for hydroxylation is 1. The lowest BCUT2D eigenvalue weighted by Gasteiger charge is -2.02. The summed E-state index contributed by atoms with van der Waals surface area (Å²) >= 11 is 0. The van der Waals surface area contributed by atoms with Gasteiger partial charge in [-0.15, -0.1) is 0 Å². The summed E-state index contributed by atoms with van der Waals surface area (Å²) in [5.41, 5.74) is 2.30. The molecule has 0 fully saturated rings. The van der Waals surface area contributed by atoms with Crippen LogP contribution in [0.25, 0.3) is 10.9 Å². The highest BCUT2D eigenvalue weighted by atomic mass is 14.7. The third-order valence-electron chi connectivity index (χ3n) is 2.59. The first-order chi connectivity index (χ1) is 7.40. The van der Waals surface area contributed by atoms with Gasteiger partial charge in [0.05, 0.1) is 5.52 Å². The van der Waals surface area contributed by atoms with Crippen LogP contribution in [0.5, 0.6) is 0 Å². The Morgan fingerprint density at radius 2 is 1.87 bits per heavy atom. The fourth-order valence-corrected chi connectivity index (χ4v) is 1.73. The topological polar surface area (TPSA) is 12.9 Å². The molecule has 2 rings (SSSR count). The largest absolute Gasteiger partial charge is 0.253 e. The maximum atomic E-state index is 4.63. The molecule has 0 spiro atoms. The molecule has 0 N–H and O–H groups in total. The summed E-state index contributed by atoms with van der Waals surface area (Å²) in [6, 6.07) is 12.5. The normalized spacial score (nSPS) is 10.7. The van der Waals surface area contributed by atoms with Crippen LogP contribution in [0.4, 0.5) is 0 Å². The Hall–Kier alpha value is -1.37. The molecule has 1 aromatic carbocycles. The molecule has 1 nitrogen and oxygen atoms in total. The summed E-state index contributed by atoms with van der Waals surface area (Å²) in [7, 11) is 0. The molecule has 0 aliphatic heterocycles. The van der Waals surface area contributed by atoms with E-state index in [4.69, 9.17) is 0 Å². The molecule has 0 amide bonds.